The van der Waals surface area contributed by atoms with Crippen LogP contribution in [0.1, 0.15) is 16.9 Å². The first-order valence-electron chi connectivity index (χ1n) is 8.29. The lowest BCUT2D eigenvalue weighted by Gasteiger charge is -2.31. The number of hydrogen-bond donors (Lipinski definition) is 1. The van der Waals surface area contributed by atoms with Crippen molar-refractivity contribution in [1.29, 1.82) is 0 Å². The van der Waals surface area contributed by atoms with Gasteiger partial charge in [0.1, 0.15) is 5.69 Å². The molecule has 2 heterocycles. The van der Waals surface area contributed by atoms with Gasteiger partial charge >= 0.3 is 0 Å². The fourth-order valence-corrected chi connectivity index (χ4v) is 4.07. The van der Waals surface area contributed by atoms with Gasteiger partial charge in [-0.2, -0.15) is 16.9 Å². The van der Waals surface area contributed by atoms with E-state index >= 15 is 0 Å². The number of hydrogen-bond acceptors (Lipinski definition) is 4. The number of aromatic amines is 1. The summed E-state index contributed by atoms with van der Waals surface area (Å²) < 4.78 is 0. The van der Waals surface area contributed by atoms with Gasteiger partial charge in [-0.3, -0.25) is 9.89 Å². The molecule has 2 aromatic rings. The lowest BCUT2D eigenvalue weighted by atomic mass is 10.1. The van der Waals surface area contributed by atoms with Crippen LogP contribution in [0.4, 0.5) is 0 Å². The average molecular weight is 344 g/mol. The molecule has 1 unspecified atom stereocenters. The van der Waals surface area contributed by atoms with Crippen LogP contribution in [0.2, 0.25) is 0 Å². The lowest BCUT2D eigenvalue weighted by molar-refractivity contribution is 0.0669. The van der Waals surface area contributed by atoms with Crippen molar-refractivity contribution in [3.05, 3.63) is 42.1 Å². The summed E-state index contributed by atoms with van der Waals surface area (Å²) in [5.41, 5.74) is 2.40. The van der Waals surface area contributed by atoms with E-state index in [1.54, 1.807) is 0 Å². The van der Waals surface area contributed by atoms with Crippen molar-refractivity contribution in [1.82, 2.24) is 20.0 Å². The van der Waals surface area contributed by atoms with Crippen molar-refractivity contribution in [2.75, 3.05) is 38.7 Å². The van der Waals surface area contributed by atoms with Crippen molar-refractivity contribution in [2.45, 2.75) is 12.5 Å². The smallest absolute Gasteiger partial charge is 0.272 e. The first-order chi connectivity index (χ1) is 11.6. The molecule has 3 rings (SSSR count). The second kappa shape index (κ2) is 7.85. The van der Waals surface area contributed by atoms with Gasteiger partial charge < -0.3 is 9.80 Å². The number of likely N-dealkylation sites (N-methyl/N-ethyl adjacent to an activating group) is 1. The van der Waals surface area contributed by atoms with Gasteiger partial charge in [-0.1, -0.05) is 30.3 Å². The minimum absolute atomic E-state index is 0.0547. The third-order valence-electron chi connectivity index (χ3n) is 4.15. The molecule has 1 saturated heterocycles. The summed E-state index contributed by atoms with van der Waals surface area (Å²) in [6, 6.07) is 12.0. The Morgan fingerprint density at radius 1 is 1.38 bits per heavy atom. The zero-order valence-electron chi connectivity index (χ0n) is 14.2. The normalized spacial score (nSPS) is 18.6. The molecule has 0 radical (unpaired) electrons. The molecule has 1 aromatic carbocycles. The molecule has 5 nitrogen and oxygen atoms in total. The molecule has 0 saturated carbocycles. The summed E-state index contributed by atoms with van der Waals surface area (Å²) in [6.07, 6.45) is 1.04. The van der Waals surface area contributed by atoms with Crippen molar-refractivity contribution in [3.63, 3.8) is 0 Å². The van der Waals surface area contributed by atoms with Crippen LogP contribution in [-0.2, 0) is 0 Å². The van der Waals surface area contributed by atoms with Gasteiger partial charge in [0.2, 0.25) is 0 Å². The van der Waals surface area contributed by atoms with Crippen LogP contribution in [0.15, 0.2) is 36.4 Å². The second-order valence-corrected chi connectivity index (χ2v) is 7.53. The Labute approximate surface area is 147 Å². The SMILES string of the molecule is CN(C)CC1CSCCCN1C(=O)c1cc(-c2ccccc2)n[nH]1. The largest absolute Gasteiger partial charge is 0.332 e. The second-order valence-electron chi connectivity index (χ2n) is 6.38. The minimum atomic E-state index is 0.0547. The fourth-order valence-electron chi connectivity index (χ4n) is 3.01. The number of nitrogens with zero attached hydrogens (tertiary/aromatic N) is 3. The molecule has 0 aliphatic carbocycles. The summed E-state index contributed by atoms with van der Waals surface area (Å²) in [5, 5.41) is 7.26. The van der Waals surface area contributed by atoms with Gasteiger partial charge in [-0.15, -0.1) is 0 Å². The van der Waals surface area contributed by atoms with E-state index in [9.17, 15) is 4.79 Å². The third-order valence-corrected chi connectivity index (χ3v) is 5.35. The third kappa shape index (κ3) is 3.99. The van der Waals surface area contributed by atoms with Crippen molar-refractivity contribution < 1.29 is 4.79 Å². The molecule has 128 valence electrons. The van der Waals surface area contributed by atoms with Gasteiger partial charge in [-0.05, 0) is 32.3 Å². The molecule has 1 atom stereocenters. The van der Waals surface area contributed by atoms with E-state index in [1.165, 1.54) is 0 Å². The van der Waals surface area contributed by atoms with Crippen LogP contribution in [0.5, 0.6) is 0 Å². The molecular weight excluding hydrogens is 320 g/mol. The highest BCUT2D eigenvalue weighted by atomic mass is 32.2. The Bertz CT molecular complexity index is 671. The van der Waals surface area contributed by atoms with Crippen molar-refractivity contribution in [2.24, 2.45) is 0 Å². The zero-order chi connectivity index (χ0) is 16.9. The summed E-state index contributed by atoms with van der Waals surface area (Å²) in [6.45, 7) is 1.70. The Morgan fingerprint density at radius 2 is 2.17 bits per heavy atom. The molecule has 1 fully saturated rings. The maximum Gasteiger partial charge on any atom is 0.272 e. The molecule has 1 N–H and O–H groups in total. The van der Waals surface area contributed by atoms with Crippen LogP contribution >= 0.6 is 11.8 Å². The number of carbonyl (C=O) groups excluding carboxylic acids is 1. The zero-order valence-corrected chi connectivity index (χ0v) is 15.1. The number of benzene rings is 1. The number of nitrogens with one attached hydrogen (secondary N) is 1. The predicted molar refractivity (Wildman–Crippen MR) is 99.3 cm³/mol. The minimum Gasteiger partial charge on any atom is -0.332 e. The molecule has 1 aliphatic rings. The number of H-pyrrole nitrogens is 1. The molecule has 24 heavy (non-hydrogen) atoms. The molecule has 1 amide bonds. The molecule has 1 aromatic heterocycles. The number of thioether (sulfide) groups is 1. The lowest BCUT2D eigenvalue weighted by Crippen LogP contribution is -2.46. The highest BCUT2D eigenvalue weighted by molar-refractivity contribution is 7.99. The van der Waals surface area contributed by atoms with Crippen LogP contribution in [0.3, 0.4) is 0 Å². The van der Waals surface area contributed by atoms with Crippen molar-refractivity contribution in [3.8, 4) is 11.3 Å². The fraction of sp³-hybridized carbons (Fsp3) is 0.444. The van der Waals surface area contributed by atoms with Crippen LogP contribution < -0.4 is 0 Å². The number of amides is 1. The monoisotopic (exact) mass is 344 g/mol. The van der Waals surface area contributed by atoms with Crippen LogP contribution in [0, 0.1) is 0 Å². The molecule has 6 heteroatoms. The topological polar surface area (TPSA) is 52.2 Å². The van der Waals surface area contributed by atoms with Gasteiger partial charge in [0.25, 0.3) is 5.91 Å². The van der Waals surface area contributed by atoms with E-state index < -0.39 is 0 Å². The number of rotatable bonds is 4. The van der Waals surface area contributed by atoms with E-state index in [0.717, 1.165) is 42.3 Å². The Kier molecular flexibility index (Phi) is 5.58. The highest BCUT2D eigenvalue weighted by Gasteiger charge is 2.28. The Hall–Kier alpha value is -1.79. The molecular formula is C18H24N4OS. The summed E-state index contributed by atoms with van der Waals surface area (Å²) in [4.78, 5) is 17.2. The maximum absolute atomic E-state index is 13.0. The maximum atomic E-state index is 13.0. The van der Waals surface area contributed by atoms with Gasteiger partial charge in [0, 0.05) is 24.4 Å². The van der Waals surface area contributed by atoms with E-state index in [0.29, 0.717) is 5.69 Å². The first-order valence-corrected chi connectivity index (χ1v) is 9.45. The van der Waals surface area contributed by atoms with Gasteiger partial charge in [-0.25, -0.2) is 0 Å². The molecule has 0 spiro atoms. The first kappa shape index (κ1) is 17.0. The van der Waals surface area contributed by atoms with E-state index in [2.05, 4.69) is 29.2 Å². The van der Waals surface area contributed by atoms with E-state index in [1.807, 2.05) is 53.1 Å². The van der Waals surface area contributed by atoms with E-state index in [4.69, 9.17) is 0 Å². The molecule has 1 aliphatic heterocycles. The molecule has 0 bridgehead atoms. The summed E-state index contributed by atoms with van der Waals surface area (Å²) in [5.74, 6) is 2.16. The standard InChI is InChI=1S/C18H24N4OS/c1-21(2)12-15-13-24-10-6-9-22(15)18(23)17-11-16(19-20-17)14-7-4-3-5-8-14/h3-5,7-8,11,15H,6,9-10,12-13H2,1-2H3,(H,19,20). The Balaban J connectivity index is 1.80. The number of aromatic nitrogens is 2. The highest BCUT2D eigenvalue weighted by Crippen LogP contribution is 2.21. The van der Waals surface area contributed by atoms with E-state index in [-0.39, 0.29) is 11.9 Å². The quantitative estimate of drug-likeness (QED) is 0.926. The summed E-state index contributed by atoms with van der Waals surface area (Å²) in [7, 11) is 4.11. The van der Waals surface area contributed by atoms with Crippen molar-refractivity contribution >= 4 is 17.7 Å². The van der Waals surface area contributed by atoms with Crippen LogP contribution in [0.25, 0.3) is 11.3 Å². The summed E-state index contributed by atoms with van der Waals surface area (Å²) >= 11 is 1.94. The predicted octanol–water partition coefficient (Wildman–Crippen LogP) is 2.59. The Morgan fingerprint density at radius 3 is 2.92 bits per heavy atom. The van der Waals surface area contributed by atoms with Gasteiger partial charge in [0.05, 0.1) is 11.7 Å². The van der Waals surface area contributed by atoms with Gasteiger partial charge in [0.15, 0.2) is 0 Å². The van der Waals surface area contributed by atoms with Crippen LogP contribution in [-0.4, -0.2) is 70.6 Å². The number of carbonyl (C=O) groups is 1. The average Bonchev–Trinajstić information content (AvgIpc) is 2.97.